The van der Waals surface area contributed by atoms with Gasteiger partial charge in [0.25, 0.3) is 0 Å². The summed E-state index contributed by atoms with van der Waals surface area (Å²) in [7, 11) is 0. The Bertz CT molecular complexity index is 666. The molecular weight excluding hydrogens is 268 g/mol. The number of nitrogens with zero attached hydrogens (tertiary/aromatic N) is 1. The fourth-order valence-electron chi connectivity index (χ4n) is 1.89. The first-order valence-corrected chi connectivity index (χ1v) is 7.16. The summed E-state index contributed by atoms with van der Waals surface area (Å²) in [6.45, 7) is 6.18. The predicted molar refractivity (Wildman–Crippen MR) is 83.7 cm³/mol. The second-order valence-corrected chi connectivity index (χ2v) is 5.95. The maximum atomic E-state index is 8.90. The molecule has 0 amide bonds. The minimum absolute atomic E-state index is 0.139. The predicted octanol–water partition coefficient (Wildman–Crippen LogP) is 3.86. The van der Waals surface area contributed by atoms with Crippen molar-refractivity contribution in [2.24, 2.45) is 10.9 Å². The third-order valence-corrected chi connectivity index (χ3v) is 4.29. The molecular formula is C16H18N2OS. The maximum Gasteiger partial charge on any atom is 0.171 e. The zero-order valence-corrected chi connectivity index (χ0v) is 12.7. The second-order valence-electron chi connectivity index (χ2n) is 4.83. The van der Waals surface area contributed by atoms with Crippen molar-refractivity contribution in [1.82, 2.24) is 0 Å². The van der Waals surface area contributed by atoms with Crippen LogP contribution in [0.2, 0.25) is 0 Å². The summed E-state index contributed by atoms with van der Waals surface area (Å²) in [5, 5.41) is 12.0. The van der Waals surface area contributed by atoms with Gasteiger partial charge < -0.3 is 10.9 Å². The fraction of sp³-hybridized carbons (Fsp3) is 0.188. The molecule has 0 atom stereocenters. The fourth-order valence-corrected chi connectivity index (χ4v) is 2.93. The monoisotopic (exact) mass is 286 g/mol. The number of amidine groups is 1. The highest BCUT2D eigenvalue weighted by atomic mass is 32.2. The third-order valence-electron chi connectivity index (χ3n) is 3.22. The van der Waals surface area contributed by atoms with Crippen LogP contribution in [-0.2, 0) is 0 Å². The highest BCUT2D eigenvalue weighted by Crippen LogP contribution is 2.32. The Morgan fingerprint density at radius 3 is 2.45 bits per heavy atom. The summed E-state index contributed by atoms with van der Waals surface area (Å²) in [4.78, 5) is 2.12. The third kappa shape index (κ3) is 3.14. The van der Waals surface area contributed by atoms with E-state index in [1.54, 1.807) is 11.8 Å². The Labute approximate surface area is 123 Å². The highest BCUT2D eigenvalue weighted by molar-refractivity contribution is 7.99. The van der Waals surface area contributed by atoms with Gasteiger partial charge in [-0.1, -0.05) is 34.6 Å². The summed E-state index contributed by atoms with van der Waals surface area (Å²) in [5.74, 6) is 0.139. The van der Waals surface area contributed by atoms with Crippen molar-refractivity contribution in [3.8, 4) is 0 Å². The highest BCUT2D eigenvalue weighted by Gasteiger charge is 2.09. The number of rotatable bonds is 3. The average Bonchev–Trinajstić information content (AvgIpc) is 2.44. The van der Waals surface area contributed by atoms with Gasteiger partial charge in [0.2, 0.25) is 0 Å². The van der Waals surface area contributed by atoms with Gasteiger partial charge in [-0.05, 0) is 56.2 Å². The van der Waals surface area contributed by atoms with Crippen molar-refractivity contribution < 1.29 is 5.21 Å². The quantitative estimate of drug-likeness (QED) is 0.390. The number of oxime groups is 1. The SMILES string of the molecule is Cc1ccc(Sc2ccc(C)c(C)c2)c(/C(N)=N/O)c1. The first kappa shape index (κ1) is 14.5. The molecule has 3 N–H and O–H groups in total. The molecule has 0 fully saturated rings. The molecule has 2 aromatic rings. The molecule has 2 aromatic carbocycles. The molecule has 0 radical (unpaired) electrons. The summed E-state index contributed by atoms with van der Waals surface area (Å²) >= 11 is 1.62. The minimum atomic E-state index is 0.139. The normalized spacial score (nSPS) is 11.7. The van der Waals surface area contributed by atoms with Gasteiger partial charge in [0, 0.05) is 15.4 Å². The smallest absolute Gasteiger partial charge is 0.171 e. The molecule has 0 saturated carbocycles. The Morgan fingerprint density at radius 1 is 1.05 bits per heavy atom. The van der Waals surface area contributed by atoms with Crippen LogP contribution in [0.15, 0.2) is 51.3 Å². The lowest BCUT2D eigenvalue weighted by molar-refractivity contribution is 0.318. The van der Waals surface area contributed by atoms with Gasteiger partial charge in [0.1, 0.15) is 0 Å². The average molecular weight is 286 g/mol. The van der Waals surface area contributed by atoms with Gasteiger partial charge in [-0.25, -0.2) is 0 Å². The molecule has 3 nitrogen and oxygen atoms in total. The van der Waals surface area contributed by atoms with Crippen LogP contribution in [0.3, 0.4) is 0 Å². The van der Waals surface area contributed by atoms with Crippen LogP contribution in [0.5, 0.6) is 0 Å². The van der Waals surface area contributed by atoms with E-state index in [2.05, 4.69) is 37.2 Å². The largest absolute Gasteiger partial charge is 0.409 e. The molecule has 0 saturated heterocycles. The van der Waals surface area contributed by atoms with Crippen molar-refractivity contribution in [2.75, 3.05) is 0 Å². The van der Waals surface area contributed by atoms with Crippen LogP contribution >= 0.6 is 11.8 Å². The molecule has 0 spiro atoms. The first-order valence-electron chi connectivity index (χ1n) is 6.35. The summed E-state index contributed by atoms with van der Waals surface area (Å²) in [6, 6.07) is 12.3. The standard InChI is InChI=1S/C16H18N2OS/c1-10-4-7-15(14(8-10)16(17)18-19)20-13-6-5-11(2)12(3)9-13/h4-9,19H,1-3H3,(H2,17,18). The van der Waals surface area contributed by atoms with Crippen LogP contribution in [0.25, 0.3) is 0 Å². The van der Waals surface area contributed by atoms with Crippen LogP contribution in [-0.4, -0.2) is 11.0 Å². The van der Waals surface area contributed by atoms with Gasteiger partial charge in [0.15, 0.2) is 5.84 Å². The van der Waals surface area contributed by atoms with Crippen LogP contribution < -0.4 is 5.73 Å². The first-order chi connectivity index (χ1) is 9.51. The van der Waals surface area contributed by atoms with Crippen molar-refractivity contribution in [1.29, 1.82) is 0 Å². The van der Waals surface area contributed by atoms with Gasteiger partial charge in [-0.15, -0.1) is 0 Å². The van der Waals surface area contributed by atoms with E-state index in [1.165, 1.54) is 11.1 Å². The molecule has 0 heterocycles. The van der Waals surface area contributed by atoms with Gasteiger partial charge in [0.05, 0.1) is 0 Å². The lowest BCUT2D eigenvalue weighted by Crippen LogP contribution is -2.14. The molecule has 0 bridgehead atoms. The Balaban J connectivity index is 2.40. The second kappa shape index (κ2) is 6.01. The summed E-state index contributed by atoms with van der Waals surface area (Å²) in [5.41, 5.74) is 10.1. The van der Waals surface area contributed by atoms with Crippen molar-refractivity contribution in [3.05, 3.63) is 58.7 Å². The summed E-state index contributed by atoms with van der Waals surface area (Å²) in [6.07, 6.45) is 0. The van der Waals surface area contributed by atoms with Crippen LogP contribution in [0.4, 0.5) is 0 Å². The van der Waals surface area contributed by atoms with Gasteiger partial charge in [-0.3, -0.25) is 0 Å². The Morgan fingerprint density at radius 2 is 1.80 bits per heavy atom. The van der Waals surface area contributed by atoms with E-state index in [-0.39, 0.29) is 5.84 Å². The lowest BCUT2D eigenvalue weighted by atomic mass is 10.1. The number of hydrogen-bond donors (Lipinski definition) is 2. The van der Waals surface area contributed by atoms with Crippen molar-refractivity contribution in [3.63, 3.8) is 0 Å². The molecule has 2 rings (SSSR count). The Kier molecular flexibility index (Phi) is 4.35. The van der Waals surface area contributed by atoms with E-state index in [4.69, 9.17) is 10.9 Å². The lowest BCUT2D eigenvalue weighted by Gasteiger charge is -2.10. The van der Waals surface area contributed by atoms with E-state index < -0.39 is 0 Å². The number of hydrogen-bond acceptors (Lipinski definition) is 3. The Hall–Kier alpha value is -1.94. The van der Waals surface area contributed by atoms with E-state index in [9.17, 15) is 0 Å². The van der Waals surface area contributed by atoms with Crippen LogP contribution in [0.1, 0.15) is 22.3 Å². The van der Waals surface area contributed by atoms with Crippen molar-refractivity contribution in [2.45, 2.75) is 30.6 Å². The van der Waals surface area contributed by atoms with E-state index >= 15 is 0 Å². The molecule has 20 heavy (non-hydrogen) atoms. The molecule has 0 aromatic heterocycles. The molecule has 0 aliphatic carbocycles. The van der Waals surface area contributed by atoms with E-state index in [1.807, 2.05) is 25.1 Å². The molecule has 104 valence electrons. The number of aryl methyl sites for hydroxylation is 3. The van der Waals surface area contributed by atoms with E-state index in [0.29, 0.717) is 0 Å². The topological polar surface area (TPSA) is 58.6 Å². The zero-order valence-electron chi connectivity index (χ0n) is 11.8. The van der Waals surface area contributed by atoms with Gasteiger partial charge in [-0.2, -0.15) is 0 Å². The molecule has 0 unspecified atom stereocenters. The molecule has 0 aliphatic rings. The van der Waals surface area contributed by atoms with Crippen LogP contribution in [0, 0.1) is 20.8 Å². The zero-order chi connectivity index (χ0) is 14.7. The molecule has 0 aliphatic heterocycles. The van der Waals surface area contributed by atoms with Crippen molar-refractivity contribution >= 4 is 17.6 Å². The number of nitrogens with two attached hydrogens (primary N) is 1. The summed E-state index contributed by atoms with van der Waals surface area (Å²) < 4.78 is 0. The van der Waals surface area contributed by atoms with Gasteiger partial charge >= 0.3 is 0 Å². The minimum Gasteiger partial charge on any atom is -0.409 e. The number of benzene rings is 2. The maximum absolute atomic E-state index is 8.90. The molecule has 4 heteroatoms. The van der Waals surface area contributed by atoms with E-state index in [0.717, 1.165) is 20.9 Å².